The average molecular weight is 241 g/mol. The molecule has 0 amide bonds. The summed E-state index contributed by atoms with van der Waals surface area (Å²) in [6.45, 7) is 4.85. The topological polar surface area (TPSA) is 29.1 Å². The highest BCUT2D eigenvalue weighted by molar-refractivity contribution is 7.86. The molecule has 1 aliphatic heterocycles. The summed E-state index contributed by atoms with van der Waals surface area (Å²) >= 11 is 0. The van der Waals surface area contributed by atoms with E-state index < -0.39 is 10.8 Å². The molecule has 0 spiro atoms. The molecule has 3 atom stereocenters. The van der Waals surface area contributed by atoms with Crippen LogP contribution in [0.25, 0.3) is 0 Å². The van der Waals surface area contributed by atoms with Gasteiger partial charge in [-0.2, -0.15) is 0 Å². The van der Waals surface area contributed by atoms with Gasteiger partial charge in [-0.05, 0) is 31.5 Å². The van der Waals surface area contributed by atoms with Crippen molar-refractivity contribution >= 4 is 10.8 Å². The summed E-state index contributed by atoms with van der Waals surface area (Å²) in [4.78, 5) is 0.392. The van der Waals surface area contributed by atoms with Gasteiger partial charge in [-0.25, -0.2) is 4.39 Å². The van der Waals surface area contributed by atoms with Crippen molar-refractivity contribution in [2.45, 2.75) is 36.5 Å². The summed E-state index contributed by atoms with van der Waals surface area (Å²) in [5.74, 6) is -0.344. The van der Waals surface area contributed by atoms with Crippen LogP contribution < -0.4 is 5.32 Å². The van der Waals surface area contributed by atoms with Crippen LogP contribution in [0.15, 0.2) is 23.1 Å². The molecule has 0 aromatic heterocycles. The van der Waals surface area contributed by atoms with Gasteiger partial charge in [0.1, 0.15) is 5.82 Å². The van der Waals surface area contributed by atoms with Crippen molar-refractivity contribution in [3.63, 3.8) is 0 Å². The molecular weight excluding hydrogens is 225 g/mol. The Morgan fingerprint density at radius 2 is 2.25 bits per heavy atom. The zero-order chi connectivity index (χ0) is 11.7. The van der Waals surface area contributed by atoms with Gasteiger partial charge in [-0.15, -0.1) is 0 Å². The summed E-state index contributed by atoms with van der Waals surface area (Å²) in [6, 6.07) is 4.95. The molecule has 16 heavy (non-hydrogen) atoms. The monoisotopic (exact) mass is 241 g/mol. The fourth-order valence-electron chi connectivity index (χ4n) is 2.12. The molecule has 2 rings (SSSR count). The molecule has 4 heteroatoms. The number of nitrogens with one attached hydrogen (secondary N) is 1. The third-order valence-electron chi connectivity index (χ3n) is 2.96. The minimum Gasteiger partial charge on any atom is -0.309 e. The molecule has 0 radical (unpaired) electrons. The zero-order valence-corrected chi connectivity index (χ0v) is 10.3. The second-order valence-corrected chi connectivity index (χ2v) is 5.84. The molecule has 1 aromatic carbocycles. The van der Waals surface area contributed by atoms with Crippen LogP contribution in [-0.2, 0) is 10.8 Å². The Morgan fingerprint density at radius 3 is 2.94 bits per heavy atom. The van der Waals surface area contributed by atoms with Crippen molar-refractivity contribution in [3.05, 3.63) is 29.6 Å². The maximum atomic E-state index is 13.6. The normalized spacial score (nSPS) is 28.1. The first-order valence-corrected chi connectivity index (χ1v) is 6.80. The highest BCUT2D eigenvalue weighted by Crippen LogP contribution is 2.37. The molecule has 3 unspecified atom stereocenters. The van der Waals surface area contributed by atoms with Crippen molar-refractivity contribution in [3.8, 4) is 0 Å². The lowest BCUT2D eigenvalue weighted by Crippen LogP contribution is -2.28. The van der Waals surface area contributed by atoms with Gasteiger partial charge in [0.05, 0.1) is 20.9 Å². The molecule has 1 aliphatic rings. The Morgan fingerprint density at radius 1 is 1.50 bits per heavy atom. The van der Waals surface area contributed by atoms with Crippen LogP contribution in [0, 0.1) is 5.82 Å². The Kier molecular flexibility index (Phi) is 3.40. The van der Waals surface area contributed by atoms with E-state index in [2.05, 4.69) is 12.2 Å². The maximum Gasteiger partial charge on any atom is 0.139 e. The van der Waals surface area contributed by atoms with E-state index in [1.54, 1.807) is 6.07 Å². The summed E-state index contributed by atoms with van der Waals surface area (Å²) in [5, 5.41) is 3.28. The number of fused-ring (bicyclic) bond motifs is 1. The molecule has 0 fully saturated rings. The Bertz CT molecular complexity index is 421. The smallest absolute Gasteiger partial charge is 0.139 e. The second-order valence-electron chi connectivity index (χ2n) is 4.09. The van der Waals surface area contributed by atoms with E-state index >= 15 is 0 Å². The zero-order valence-electron chi connectivity index (χ0n) is 9.50. The first kappa shape index (κ1) is 11.7. The van der Waals surface area contributed by atoms with Gasteiger partial charge in [0.2, 0.25) is 0 Å². The Hall–Kier alpha value is -0.740. The molecule has 0 saturated heterocycles. The molecule has 1 aromatic rings. The Labute approximate surface area is 97.7 Å². The Balaban J connectivity index is 2.38. The molecule has 1 heterocycles. The van der Waals surface area contributed by atoms with Gasteiger partial charge in [0, 0.05) is 6.04 Å². The van der Waals surface area contributed by atoms with Gasteiger partial charge < -0.3 is 5.32 Å². The third kappa shape index (κ3) is 1.80. The number of hydrogen-bond acceptors (Lipinski definition) is 2. The van der Waals surface area contributed by atoms with Crippen LogP contribution in [0.2, 0.25) is 0 Å². The van der Waals surface area contributed by atoms with Crippen LogP contribution in [0.3, 0.4) is 0 Å². The first-order chi connectivity index (χ1) is 7.66. The lowest BCUT2D eigenvalue weighted by atomic mass is 10.0. The van der Waals surface area contributed by atoms with Gasteiger partial charge in [0.25, 0.3) is 0 Å². The van der Waals surface area contributed by atoms with Crippen molar-refractivity contribution in [2.24, 2.45) is 0 Å². The lowest BCUT2D eigenvalue weighted by Gasteiger charge is -2.16. The average Bonchev–Trinajstić information content (AvgIpc) is 2.51. The molecular formula is C12H16FNOS. The van der Waals surface area contributed by atoms with Crippen LogP contribution >= 0.6 is 0 Å². The van der Waals surface area contributed by atoms with Crippen molar-refractivity contribution in [1.29, 1.82) is 0 Å². The minimum atomic E-state index is -1.23. The van der Waals surface area contributed by atoms with E-state index in [4.69, 9.17) is 0 Å². The van der Waals surface area contributed by atoms with Gasteiger partial charge in [-0.3, -0.25) is 4.21 Å². The van der Waals surface area contributed by atoms with Gasteiger partial charge in [-0.1, -0.05) is 19.1 Å². The molecule has 1 N–H and O–H groups in total. The van der Waals surface area contributed by atoms with E-state index in [1.807, 2.05) is 13.0 Å². The lowest BCUT2D eigenvalue weighted by molar-refractivity contribution is 0.522. The summed E-state index contributed by atoms with van der Waals surface area (Å²) in [6.07, 6.45) is 1.01. The molecule has 2 nitrogen and oxygen atoms in total. The summed E-state index contributed by atoms with van der Waals surface area (Å²) < 4.78 is 25.6. The number of halogens is 1. The maximum absolute atomic E-state index is 13.6. The molecule has 0 aliphatic carbocycles. The van der Waals surface area contributed by atoms with Crippen LogP contribution in [-0.4, -0.2) is 16.0 Å². The predicted molar refractivity (Wildman–Crippen MR) is 63.3 cm³/mol. The quantitative estimate of drug-likeness (QED) is 0.880. The SMILES string of the molecule is CCCNC1c2cccc(F)c2S(=O)C1C. The molecule has 0 saturated carbocycles. The van der Waals surface area contributed by atoms with Crippen molar-refractivity contribution < 1.29 is 8.60 Å². The fraction of sp³-hybridized carbons (Fsp3) is 0.500. The van der Waals surface area contributed by atoms with Crippen molar-refractivity contribution in [1.82, 2.24) is 5.32 Å². The third-order valence-corrected chi connectivity index (χ3v) is 4.74. The number of benzene rings is 1. The second kappa shape index (κ2) is 4.63. The van der Waals surface area contributed by atoms with E-state index in [1.165, 1.54) is 6.07 Å². The number of rotatable bonds is 3. The largest absolute Gasteiger partial charge is 0.309 e. The molecule has 88 valence electrons. The summed E-state index contributed by atoms with van der Waals surface area (Å²) in [7, 11) is -1.23. The van der Waals surface area contributed by atoms with Crippen LogP contribution in [0.1, 0.15) is 31.9 Å². The predicted octanol–water partition coefficient (Wildman–Crippen LogP) is 2.38. The van der Waals surface area contributed by atoms with Gasteiger partial charge >= 0.3 is 0 Å². The summed E-state index contributed by atoms with van der Waals surface area (Å²) in [5.41, 5.74) is 0.860. The van der Waals surface area contributed by atoms with Crippen LogP contribution in [0.5, 0.6) is 0 Å². The van der Waals surface area contributed by atoms with E-state index in [-0.39, 0.29) is 17.1 Å². The standard InChI is InChI=1S/C12H16FNOS/c1-3-7-14-11-8(2)16(15)12-9(11)5-4-6-10(12)13/h4-6,8,11,14H,3,7H2,1-2H3. The van der Waals surface area contributed by atoms with Crippen LogP contribution in [0.4, 0.5) is 4.39 Å². The highest BCUT2D eigenvalue weighted by Gasteiger charge is 2.37. The highest BCUT2D eigenvalue weighted by atomic mass is 32.2. The van der Waals surface area contributed by atoms with Crippen molar-refractivity contribution in [2.75, 3.05) is 6.54 Å². The fourth-order valence-corrected chi connectivity index (χ4v) is 3.67. The molecule has 0 bridgehead atoms. The van der Waals surface area contributed by atoms with E-state index in [0.717, 1.165) is 18.5 Å². The van der Waals surface area contributed by atoms with E-state index in [9.17, 15) is 8.60 Å². The number of hydrogen-bond donors (Lipinski definition) is 1. The minimum absolute atomic E-state index is 0.0199. The van der Waals surface area contributed by atoms with Gasteiger partial charge in [0.15, 0.2) is 0 Å². The van der Waals surface area contributed by atoms with E-state index in [0.29, 0.717) is 4.90 Å². The first-order valence-electron chi connectivity index (χ1n) is 5.59.